The lowest BCUT2D eigenvalue weighted by atomic mass is 10.1. The van der Waals surface area contributed by atoms with E-state index < -0.39 is 5.91 Å². The number of carbonyl (C=O) groups excluding carboxylic acids is 1. The van der Waals surface area contributed by atoms with Crippen LogP contribution in [0.2, 0.25) is 0 Å². The van der Waals surface area contributed by atoms with E-state index in [1.165, 1.54) is 26.2 Å². The van der Waals surface area contributed by atoms with E-state index in [0.29, 0.717) is 16.3 Å². The lowest BCUT2D eigenvalue weighted by Gasteiger charge is -2.09. The number of nitrogens with one attached hydrogen (secondary N) is 1. The number of aliphatic hydroxyl groups excluding tert-OH is 1. The number of hydrogen-bond acceptors (Lipinski definition) is 4. The van der Waals surface area contributed by atoms with Crippen LogP contribution < -0.4 is 10.1 Å². The van der Waals surface area contributed by atoms with Crippen LogP contribution in [-0.4, -0.2) is 23.2 Å². The number of halogens is 1. The van der Waals surface area contributed by atoms with Gasteiger partial charge in [-0.1, -0.05) is 17.7 Å². The summed E-state index contributed by atoms with van der Waals surface area (Å²) in [5.74, 6) is -0.220. The maximum Gasteiger partial charge on any atom is 0.254 e. The van der Waals surface area contributed by atoms with Crippen molar-refractivity contribution in [3.63, 3.8) is 0 Å². The summed E-state index contributed by atoms with van der Waals surface area (Å²) in [7, 11) is 1.46. The fraction of sp³-hybridized carbons (Fsp3) is 0.267. The molecule has 0 atom stereocenters. The molecule has 0 saturated carbocycles. The molecule has 3 N–H and O–H groups in total. The fourth-order valence-corrected chi connectivity index (χ4v) is 1.77. The highest BCUT2D eigenvalue weighted by Gasteiger charge is 2.11. The van der Waals surface area contributed by atoms with Crippen LogP contribution in [0.1, 0.15) is 19.4 Å². The number of aromatic hydroxyl groups is 1. The first kappa shape index (κ1) is 16.9. The second-order valence-corrected chi connectivity index (χ2v) is 5.02. The number of aliphatic hydroxyl groups is 1. The molecule has 0 aliphatic heterocycles. The Labute approximate surface area is 128 Å². The van der Waals surface area contributed by atoms with Gasteiger partial charge >= 0.3 is 0 Å². The number of allylic oxidation sites excluding steroid dienone is 2. The van der Waals surface area contributed by atoms with Crippen LogP contribution in [0.3, 0.4) is 0 Å². The summed E-state index contributed by atoms with van der Waals surface area (Å²) < 4.78 is 4.94. The maximum absolute atomic E-state index is 12.0. The molecule has 0 aromatic heterocycles. The predicted octanol–water partition coefficient (Wildman–Crippen LogP) is 2.99. The first-order valence-corrected chi connectivity index (χ1v) is 6.60. The van der Waals surface area contributed by atoms with Crippen molar-refractivity contribution in [2.45, 2.75) is 20.4 Å². The minimum absolute atomic E-state index is 0.00477. The zero-order valence-corrected chi connectivity index (χ0v) is 12.9. The van der Waals surface area contributed by atoms with Gasteiger partial charge in [-0.3, -0.25) is 4.79 Å². The Morgan fingerprint density at radius 1 is 1.43 bits per heavy atom. The van der Waals surface area contributed by atoms with Crippen LogP contribution in [-0.2, 0) is 11.3 Å². The van der Waals surface area contributed by atoms with E-state index >= 15 is 0 Å². The van der Waals surface area contributed by atoms with Crippen molar-refractivity contribution in [2.24, 2.45) is 0 Å². The Morgan fingerprint density at radius 2 is 2.10 bits per heavy atom. The molecule has 1 rings (SSSR count). The van der Waals surface area contributed by atoms with E-state index in [0.717, 1.165) is 0 Å². The SMILES string of the molecule is COc1ccc(CNC(=O)C(/C=C(\C)Cl)=C(/C)O)cc1O. The third-order valence-corrected chi connectivity index (χ3v) is 2.78. The minimum atomic E-state index is -0.453. The number of amides is 1. The molecule has 114 valence electrons. The van der Waals surface area contributed by atoms with Crippen molar-refractivity contribution in [2.75, 3.05) is 7.11 Å². The number of benzene rings is 1. The predicted molar refractivity (Wildman–Crippen MR) is 81.4 cm³/mol. The Morgan fingerprint density at radius 3 is 2.57 bits per heavy atom. The van der Waals surface area contributed by atoms with E-state index in [4.69, 9.17) is 16.3 Å². The Hall–Kier alpha value is -2.14. The quantitative estimate of drug-likeness (QED) is 0.444. The number of phenols is 1. The molecule has 0 heterocycles. The lowest BCUT2D eigenvalue weighted by Crippen LogP contribution is -2.24. The average molecular weight is 312 g/mol. The highest BCUT2D eigenvalue weighted by Crippen LogP contribution is 2.26. The summed E-state index contributed by atoms with van der Waals surface area (Å²) in [6, 6.07) is 4.82. The standard InChI is InChI=1S/C15H18ClNO4/c1-9(16)6-12(10(2)18)15(20)17-8-11-4-5-14(21-3)13(19)7-11/h4-7,18-19H,8H2,1-3H3,(H,17,20)/b9-6+,12-10-. The highest BCUT2D eigenvalue weighted by molar-refractivity contribution is 6.29. The van der Waals surface area contributed by atoms with Crippen LogP contribution in [0.5, 0.6) is 11.5 Å². The number of hydrogen-bond donors (Lipinski definition) is 3. The van der Waals surface area contributed by atoms with Crippen LogP contribution in [0.4, 0.5) is 0 Å². The van der Waals surface area contributed by atoms with Gasteiger partial charge in [-0.15, -0.1) is 0 Å². The van der Waals surface area contributed by atoms with E-state index in [9.17, 15) is 15.0 Å². The van der Waals surface area contributed by atoms with Crippen molar-refractivity contribution in [1.29, 1.82) is 0 Å². The molecule has 1 amide bonds. The van der Waals surface area contributed by atoms with E-state index in [-0.39, 0.29) is 23.6 Å². The Kier molecular flexibility index (Phi) is 6.11. The fourth-order valence-electron chi connectivity index (χ4n) is 1.66. The summed E-state index contributed by atoms with van der Waals surface area (Å²) in [6.45, 7) is 3.21. The molecule has 5 nitrogen and oxygen atoms in total. The van der Waals surface area contributed by atoms with Crippen molar-refractivity contribution in [3.8, 4) is 11.5 Å². The molecular weight excluding hydrogens is 294 g/mol. The van der Waals surface area contributed by atoms with Crippen molar-refractivity contribution < 1.29 is 19.7 Å². The monoisotopic (exact) mass is 311 g/mol. The molecular formula is C15H18ClNO4. The van der Waals surface area contributed by atoms with Crippen molar-refractivity contribution in [3.05, 3.63) is 46.2 Å². The summed E-state index contributed by atoms with van der Waals surface area (Å²) in [4.78, 5) is 12.0. The summed E-state index contributed by atoms with van der Waals surface area (Å²) >= 11 is 5.72. The molecule has 6 heteroatoms. The lowest BCUT2D eigenvalue weighted by molar-refractivity contribution is -0.117. The largest absolute Gasteiger partial charge is 0.512 e. The first-order valence-electron chi connectivity index (χ1n) is 6.23. The van der Waals surface area contributed by atoms with Crippen LogP contribution >= 0.6 is 11.6 Å². The van der Waals surface area contributed by atoms with Gasteiger partial charge in [-0.25, -0.2) is 0 Å². The van der Waals surface area contributed by atoms with Gasteiger partial charge in [-0.05, 0) is 37.6 Å². The number of carbonyl (C=O) groups is 1. The topological polar surface area (TPSA) is 78.8 Å². The van der Waals surface area contributed by atoms with Crippen molar-refractivity contribution >= 4 is 17.5 Å². The van der Waals surface area contributed by atoms with Crippen LogP contribution in [0, 0.1) is 0 Å². The van der Waals surface area contributed by atoms with Crippen LogP contribution in [0.25, 0.3) is 0 Å². The molecule has 0 unspecified atom stereocenters. The van der Waals surface area contributed by atoms with E-state index in [1.54, 1.807) is 19.1 Å². The summed E-state index contributed by atoms with van der Waals surface area (Å²) in [5, 5.41) is 22.2. The minimum Gasteiger partial charge on any atom is -0.512 e. The van der Waals surface area contributed by atoms with Crippen molar-refractivity contribution in [1.82, 2.24) is 5.32 Å². The van der Waals surface area contributed by atoms with E-state index in [2.05, 4.69) is 5.32 Å². The smallest absolute Gasteiger partial charge is 0.254 e. The molecule has 0 spiro atoms. The van der Waals surface area contributed by atoms with Gasteiger partial charge in [0.25, 0.3) is 5.91 Å². The summed E-state index contributed by atoms with van der Waals surface area (Å²) in [6.07, 6.45) is 1.39. The average Bonchev–Trinajstić information content (AvgIpc) is 2.41. The first-order chi connectivity index (χ1) is 9.85. The second-order valence-electron chi connectivity index (χ2n) is 4.42. The van der Waals surface area contributed by atoms with Gasteiger partial charge in [0.2, 0.25) is 0 Å². The molecule has 21 heavy (non-hydrogen) atoms. The maximum atomic E-state index is 12.0. The van der Waals surface area contributed by atoms with Gasteiger partial charge in [-0.2, -0.15) is 0 Å². The van der Waals surface area contributed by atoms with Crippen LogP contribution in [0.15, 0.2) is 40.6 Å². The van der Waals surface area contributed by atoms with Gasteiger partial charge in [0, 0.05) is 11.6 Å². The van der Waals surface area contributed by atoms with Gasteiger partial charge in [0.15, 0.2) is 11.5 Å². The molecule has 0 aliphatic carbocycles. The molecule has 1 aromatic rings. The molecule has 0 aliphatic rings. The second kappa shape index (κ2) is 7.59. The third-order valence-electron chi connectivity index (χ3n) is 2.67. The third kappa shape index (κ3) is 5.04. The highest BCUT2D eigenvalue weighted by atomic mass is 35.5. The molecule has 1 aromatic carbocycles. The molecule has 0 fully saturated rings. The normalized spacial score (nSPS) is 12.7. The van der Waals surface area contributed by atoms with Gasteiger partial charge in [0.1, 0.15) is 5.76 Å². The zero-order valence-electron chi connectivity index (χ0n) is 12.1. The van der Waals surface area contributed by atoms with E-state index in [1.807, 2.05) is 0 Å². The number of methoxy groups -OCH3 is 1. The molecule has 0 saturated heterocycles. The number of phenolic OH excluding ortho intramolecular Hbond substituents is 1. The molecule has 0 bridgehead atoms. The van der Waals surface area contributed by atoms with Gasteiger partial charge in [0.05, 0.1) is 12.7 Å². The molecule has 0 radical (unpaired) electrons. The van der Waals surface area contributed by atoms with Gasteiger partial charge < -0.3 is 20.3 Å². The number of ether oxygens (including phenoxy) is 1. The Balaban J connectivity index is 2.79. The summed E-state index contributed by atoms with van der Waals surface area (Å²) in [5.41, 5.74) is 0.795. The zero-order chi connectivity index (χ0) is 16.0. The Bertz CT molecular complexity index is 585. The number of rotatable bonds is 5.